The summed E-state index contributed by atoms with van der Waals surface area (Å²) in [6.07, 6.45) is 1.57. The van der Waals surface area contributed by atoms with Gasteiger partial charge in [-0.05, 0) is 43.3 Å². The molecule has 0 unspecified atom stereocenters. The minimum atomic E-state index is -0.562. The van der Waals surface area contributed by atoms with Gasteiger partial charge in [0.05, 0.1) is 19.9 Å². The molecule has 3 rings (SSSR count). The summed E-state index contributed by atoms with van der Waals surface area (Å²) >= 11 is 1.18. The number of hydrogen-bond acceptors (Lipinski definition) is 7. The molecule has 1 aliphatic rings. The van der Waals surface area contributed by atoms with Crippen LogP contribution in [-0.2, 0) is 9.59 Å². The van der Waals surface area contributed by atoms with Gasteiger partial charge < -0.3 is 20.1 Å². The van der Waals surface area contributed by atoms with E-state index in [1.165, 1.54) is 11.8 Å². The molecule has 0 radical (unpaired) electrons. The van der Waals surface area contributed by atoms with Crippen LogP contribution in [0, 0.1) is 0 Å². The van der Waals surface area contributed by atoms with E-state index in [1.807, 2.05) is 31.2 Å². The minimum absolute atomic E-state index is 0.0267. The van der Waals surface area contributed by atoms with Gasteiger partial charge in [-0.2, -0.15) is 5.10 Å². The van der Waals surface area contributed by atoms with E-state index in [0.717, 1.165) is 11.3 Å². The smallest absolute Gasteiger partial charge is 0.240 e. The highest BCUT2D eigenvalue weighted by atomic mass is 32.2. The van der Waals surface area contributed by atoms with Crippen molar-refractivity contribution in [2.24, 2.45) is 10.2 Å². The van der Waals surface area contributed by atoms with Crippen molar-refractivity contribution < 1.29 is 19.1 Å². The van der Waals surface area contributed by atoms with Crippen LogP contribution in [0.1, 0.15) is 18.9 Å². The van der Waals surface area contributed by atoms with E-state index in [9.17, 15) is 9.59 Å². The first-order valence-corrected chi connectivity index (χ1v) is 10.2. The molecule has 0 spiro atoms. The molecule has 1 saturated heterocycles. The number of rotatable bonds is 8. The van der Waals surface area contributed by atoms with Crippen molar-refractivity contribution >= 4 is 40.6 Å². The van der Waals surface area contributed by atoms with Crippen molar-refractivity contribution in [3.8, 4) is 11.5 Å². The highest BCUT2D eigenvalue weighted by molar-refractivity contribution is 8.15. The lowest BCUT2D eigenvalue weighted by Crippen LogP contribution is -2.28. The van der Waals surface area contributed by atoms with Crippen LogP contribution in [0.15, 0.2) is 58.7 Å². The van der Waals surface area contributed by atoms with Crippen LogP contribution in [-0.4, -0.2) is 42.2 Å². The average molecular weight is 426 g/mol. The van der Waals surface area contributed by atoms with Crippen molar-refractivity contribution in [1.82, 2.24) is 5.32 Å². The van der Waals surface area contributed by atoms with E-state index < -0.39 is 5.25 Å². The fraction of sp³-hybridized carbons (Fsp3) is 0.238. The second-order valence-corrected chi connectivity index (χ2v) is 7.39. The molecule has 0 saturated carbocycles. The number of nitrogens with zero attached hydrogens (tertiary/aromatic N) is 2. The molecule has 8 nitrogen and oxygen atoms in total. The van der Waals surface area contributed by atoms with Gasteiger partial charge in [0.15, 0.2) is 5.17 Å². The Morgan fingerprint density at radius 3 is 2.73 bits per heavy atom. The maximum Gasteiger partial charge on any atom is 0.240 e. The third-order valence-corrected chi connectivity index (χ3v) is 5.15. The minimum Gasteiger partial charge on any atom is -0.496 e. The summed E-state index contributed by atoms with van der Waals surface area (Å²) in [7, 11) is 1.58. The predicted molar refractivity (Wildman–Crippen MR) is 118 cm³/mol. The van der Waals surface area contributed by atoms with Gasteiger partial charge in [0.2, 0.25) is 11.8 Å². The zero-order chi connectivity index (χ0) is 21.3. The normalized spacial score (nSPS) is 17.2. The van der Waals surface area contributed by atoms with Crippen LogP contribution in [0.2, 0.25) is 0 Å². The van der Waals surface area contributed by atoms with Crippen molar-refractivity contribution in [2.45, 2.75) is 18.6 Å². The number of para-hydroxylation sites is 1. The molecular formula is C21H22N4O4S. The largest absolute Gasteiger partial charge is 0.496 e. The fourth-order valence-corrected chi connectivity index (χ4v) is 3.61. The van der Waals surface area contributed by atoms with Crippen LogP contribution in [0.4, 0.5) is 5.69 Å². The Labute approximate surface area is 178 Å². The Bertz CT molecular complexity index is 960. The zero-order valence-electron chi connectivity index (χ0n) is 16.6. The summed E-state index contributed by atoms with van der Waals surface area (Å²) in [6, 6.07) is 14.5. The molecule has 9 heteroatoms. The molecule has 30 heavy (non-hydrogen) atoms. The lowest BCUT2D eigenvalue weighted by molar-refractivity contribution is -0.122. The van der Waals surface area contributed by atoms with Gasteiger partial charge in [-0.15, -0.1) is 5.10 Å². The maximum atomic E-state index is 12.3. The molecule has 1 atom stereocenters. The highest BCUT2D eigenvalue weighted by Crippen LogP contribution is 2.24. The van der Waals surface area contributed by atoms with Crippen LogP contribution in [0.3, 0.4) is 0 Å². The number of benzene rings is 2. The lowest BCUT2D eigenvalue weighted by atomic mass is 10.2. The van der Waals surface area contributed by atoms with Crippen LogP contribution >= 0.6 is 11.8 Å². The predicted octanol–water partition coefficient (Wildman–Crippen LogP) is 3.04. The van der Waals surface area contributed by atoms with E-state index in [-0.39, 0.29) is 18.2 Å². The van der Waals surface area contributed by atoms with Crippen molar-refractivity contribution in [3.63, 3.8) is 0 Å². The Balaban J connectivity index is 1.54. The molecule has 2 N–H and O–H groups in total. The summed E-state index contributed by atoms with van der Waals surface area (Å²) in [5.41, 5.74) is 1.41. The summed E-state index contributed by atoms with van der Waals surface area (Å²) in [4.78, 5) is 24.4. The summed E-state index contributed by atoms with van der Waals surface area (Å²) in [5.74, 6) is 0.878. The molecule has 1 heterocycles. The molecule has 0 bridgehead atoms. The second-order valence-electron chi connectivity index (χ2n) is 6.20. The van der Waals surface area contributed by atoms with E-state index in [2.05, 4.69) is 20.8 Å². The first-order valence-electron chi connectivity index (χ1n) is 9.33. The van der Waals surface area contributed by atoms with Crippen molar-refractivity contribution in [3.05, 3.63) is 54.1 Å². The van der Waals surface area contributed by atoms with Gasteiger partial charge in [-0.25, -0.2) is 0 Å². The molecule has 1 aliphatic heterocycles. The van der Waals surface area contributed by atoms with E-state index >= 15 is 0 Å². The number of ether oxygens (including phenoxy) is 2. The van der Waals surface area contributed by atoms with Crippen molar-refractivity contribution in [2.75, 3.05) is 19.0 Å². The third-order valence-electron chi connectivity index (χ3n) is 4.08. The Hall–Kier alpha value is -3.33. The number of amides is 2. The standard InChI is InChI=1S/C21H22N4O4S/c1-3-29-16-10-8-15(9-11-16)23-19(26)12-18-20(27)24-21(30-18)25-22-13-14-6-4-5-7-17(14)28-2/h4-11,13,18H,3,12H2,1-2H3,(H,23,26)(H,24,25,27)/b22-13-/t18-/m0/s1. The third kappa shape index (κ3) is 5.84. The summed E-state index contributed by atoms with van der Waals surface area (Å²) < 4.78 is 10.6. The molecular weight excluding hydrogens is 404 g/mol. The van der Waals surface area contributed by atoms with Gasteiger partial charge in [-0.3, -0.25) is 9.59 Å². The van der Waals surface area contributed by atoms with E-state index in [1.54, 1.807) is 37.6 Å². The lowest BCUT2D eigenvalue weighted by Gasteiger charge is -2.08. The molecule has 0 aromatic heterocycles. The van der Waals surface area contributed by atoms with Gasteiger partial charge in [0.1, 0.15) is 16.7 Å². The van der Waals surface area contributed by atoms with Gasteiger partial charge in [-0.1, -0.05) is 23.9 Å². The number of methoxy groups -OCH3 is 1. The monoisotopic (exact) mass is 426 g/mol. The molecule has 1 fully saturated rings. The number of carbonyl (C=O) groups is 2. The Morgan fingerprint density at radius 2 is 2.00 bits per heavy atom. The highest BCUT2D eigenvalue weighted by Gasteiger charge is 2.32. The van der Waals surface area contributed by atoms with Gasteiger partial charge in [0.25, 0.3) is 0 Å². The number of amidine groups is 1. The number of carbonyl (C=O) groups excluding carboxylic acids is 2. The van der Waals surface area contributed by atoms with Crippen LogP contribution < -0.4 is 20.1 Å². The Morgan fingerprint density at radius 1 is 1.23 bits per heavy atom. The first kappa shape index (κ1) is 21.4. The van der Waals surface area contributed by atoms with E-state index in [0.29, 0.717) is 23.2 Å². The first-order chi connectivity index (χ1) is 14.6. The quantitative estimate of drug-likeness (QED) is 0.499. The number of hydrogen-bond donors (Lipinski definition) is 2. The molecule has 156 valence electrons. The topological polar surface area (TPSA) is 101 Å². The van der Waals surface area contributed by atoms with Crippen molar-refractivity contribution in [1.29, 1.82) is 0 Å². The molecule has 0 aliphatic carbocycles. The summed E-state index contributed by atoms with van der Waals surface area (Å²) in [6.45, 7) is 2.48. The fourth-order valence-electron chi connectivity index (χ4n) is 2.68. The maximum absolute atomic E-state index is 12.3. The molecule has 2 aromatic carbocycles. The van der Waals surface area contributed by atoms with E-state index in [4.69, 9.17) is 9.47 Å². The molecule has 2 amide bonds. The molecule has 2 aromatic rings. The summed E-state index contributed by atoms with van der Waals surface area (Å²) in [5, 5.41) is 13.2. The second kappa shape index (κ2) is 10.4. The van der Waals surface area contributed by atoms with Gasteiger partial charge >= 0.3 is 0 Å². The van der Waals surface area contributed by atoms with Crippen LogP contribution in [0.25, 0.3) is 0 Å². The van der Waals surface area contributed by atoms with Crippen LogP contribution in [0.5, 0.6) is 11.5 Å². The average Bonchev–Trinajstić information content (AvgIpc) is 3.09. The zero-order valence-corrected chi connectivity index (χ0v) is 17.4. The number of nitrogens with one attached hydrogen (secondary N) is 2. The number of thioether (sulfide) groups is 1. The van der Waals surface area contributed by atoms with Gasteiger partial charge in [0, 0.05) is 17.7 Å². The number of anilines is 1. The SMILES string of the molecule is CCOc1ccc(NC(=O)C[C@@H]2S/C(=N/N=C\c3ccccc3OC)NC2=O)cc1. The Kier molecular flexibility index (Phi) is 7.45.